The van der Waals surface area contributed by atoms with Crippen molar-refractivity contribution in [3.8, 4) is 11.5 Å². The van der Waals surface area contributed by atoms with Crippen LogP contribution in [-0.4, -0.2) is 33.0 Å². The van der Waals surface area contributed by atoms with Crippen molar-refractivity contribution < 1.29 is 14.3 Å². The molecule has 0 unspecified atom stereocenters. The van der Waals surface area contributed by atoms with Crippen molar-refractivity contribution in [1.29, 1.82) is 0 Å². The minimum absolute atomic E-state index is 0.141. The number of halogens is 1. The maximum absolute atomic E-state index is 12.3. The number of amides is 1. The Morgan fingerprint density at radius 1 is 1.14 bits per heavy atom. The fraction of sp³-hybridized carbons (Fsp3) is 0.250. The number of hydrogen-bond acceptors (Lipinski definition) is 6. The van der Waals surface area contributed by atoms with E-state index in [0.29, 0.717) is 35.6 Å². The largest absolute Gasteiger partial charge is 0.492 e. The van der Waals surface area contributed by atoms with Crippen LogP contribution in [0.4, 0.5) is 5.69 Å². The standard InChI is InChI=1S/C20H21BrN4O3S/c1-3-27-17-7-5-4-6-16(17)22-19(26)13-29-20-24-23-18(25(20)2)12-28-15-10-8-14(21)9-11-15/h4-11H,3,12-13H2,1-2H3,(H,22,26). The van der Waals surface area contributed by atoms with E-state index >= 15 is 0 Å². The molecule has 3 aromatic rings. The SMILES string of the molecule is CCOc1ccccc1NC(=O)CSc1nnc(COc2ccc(Br)cc2)n1C. The van der Waals surface area contributed by atoms with Crippen LogP contribution in [0, 0.1) is 0 Å². The predicted octanol–water partition coefficient (Wildman–Crippen LogP) is 4.29. The number of hydrogen-bond donors (Lipinski definition) is 1. The highest BCUT2D eigenvalue weighted by Crippen LogP contribution is 2.24. The molecule has 0 aliphatic rings. The van der Waals surface area contributed by atoms with Gasteiger partial charge in [-0.2, -0.15) is 0 Å². The number of carbonyl (C=O) groups excluding carboxylic acids is 1. The highest BCUT2D eigenvalue weighted by atomic mass is 79.9. The number of carbonyl (C=O) groups is 1. The van der Waals surface area contributed by atoms with Crippen LogP contribution < -0.4 is 14.8 Å². The number of ether oxygens (including phenoxy) is 2. The number of nitrogens with one attached hydrogen (secondary N) is 1. The van der Waals surface area contributed by atoms with Gasteiger partial charge in [-0.25, -0.2) is 0 Å². The summed E-state index contributed by atoms with van der Waals surface area (Å²) in [5, 5.41) is 11.8. The normalized spacial score (nSPS) is 10.6. The number of benzene rings is 2. The van der Waals surface area contributed by atoms with E-state index in [1.165, 1.54) is 11.8 Å². The Morgan fingerprint density at radius 3 is 2.66 bits per heavy atom. The first kappa shape index (κ1) is 21.2. The van der Waals surface area contributed by atoms with Crippen molar-refractivity contribution in [2.24, 2.45) is 7.05 Å². The molecule has 1 amide bonds. The van der Waals surface area contributed by atoms with Crippen LogP contribution >= 0.6 is 27.7 Å². The van der Waals surface area contributed by atoms with Crippen LogP contribution in [-0.2, 0) is 18.4 Å². The average Bonchev–Trinajstić information content (AvgIpc) is 3.07. The van der Waals surface area contributed by atoms with Crippen molar-refractivity contribution in [3.63, 3.8) is 0 Å². The first-order chi connectivity index (χ1) is 14.1. The lowest BCUT2D eigenvalue weighted by Crippen LogP contribution is -2.15. The molecule has 0 bridgehead atoms. The number of thioether (sulfide) groups is 1. The molecule has 0 saturated heterocycles. The van der Waals surface area contributed by atoms with Crippen LogP contribution in [0.1, 0.15) is 12.7 Å². The molecule has 29 heavy (non-hydrogen) atoms. The fourth-order valence-corrected chi connectivity index (χ4v) is 3.44. The van der Waals surface area contributed by atoms with Gasteiger partial charge in [-0.3, -0.25) is 4.79 Å². The van der Waals surface area contributed by atoms with E-state index < -0.39 is 0 Å². The molecular formula is C20H21BrN4O3S. The van der Waals surface area contributed by atoms with Gasteiger partial charge in [0.05, 0.1) is 18.0 Å². The summed E-state index contributed by atoms with van der Waals surface area (Å²) in [7, 11) is 1.85. The lowest BCUT2D eigenvalue weighted by molar-refractivity contribution is -0.113. The van der Waals surface area contributed by atoms with Crippen molar-refractivity contribution in [2.45, 2.75) is 18.7 Å². The van der Waals surface area contributed by atoms with E-state index in [1.807, 2.05) is 67.1 Å². The molecule has 1 aromatic heterocycles. The third kappa shape index (κ3) is 5.98. The number of nitrogens with zero attached hydrogens (tertiary/aromatic N) is 3. The minimum atomic E-state index is -0.141. The molecule has 9 heteroatoms. The van der Waals surface area contributed by atoms with E-state index in [9.17, 15) is 4.79 Å². The van der Waals surface area contributed by atoms with E-state index in [-0.39, 0.29) is 11.7 Å². The van der Waals surface area contributed by atoms with Gasteiger partial charge in [0, 0.05) is 11.5 Å². The van der Waals surface area contributed by atoms with Gasteiger partial charge in [0.2, 0.25) is 5.91 Å². The summed E-state index contributed by atoms with van der Waals surface area (Å²) in [5.74, 6) is 2.15. The zero-order chi connectivity index (χ0) is 20.6. The van der Waals surface area contributed by atoms with Crippen molar-refractivity contribution in [3.05, 3.63) is 58.8 Å². The third-order valence-corrected chi connectivity index (χ3v) is 5.45. The second-order valence-corrected chi connectivity index (χ2v) is 7.82. The summed E-state index contributed by atoms with van der Waals surface area (Å²) >= 11 is 4.71. The van der Waals surface area contributed by atoms with Crippen molar-refractivity contribution >= 4 is 39.3 Å². The predicted molar refractivity (Wildman–Crippen MR) is 116 cm³/mol. The van der Waals surface area contributed by atoms with E-state index in [0.717, 1.165) is 10.2 Å². The summed E-state index contributed by atoms with van der Waals surface area (Å²) in [5.41, 5.74) is 0.654. The number of para-hydroxylation sites is 2. The van der Waals surface area contributed by atoms with Gasteiger partial charge in [0.25, 0.3) is 0 Å². The quantitative estimate of drug-likeness (QED) is 0.464. The summed E-state index contributed by atoms with van der Waals surface area (Å²) in [6, 6.07) is 14.9. The van der Waals surface area contributed by atoms with Crippen LogP contribution in [0.25, 0.3) is 0 Å². The Bertz CT molecular complexity index is 963. The second-order valence-electron chi connectivity index (χ2n) is 5.97. The Balaban J connectivity index is 1.53. The Kier molecular flexibility index (Phi) is 7.54. The molecule has 3 rings (SSSR count). The molecule has 1 heterocycles. The lowest BCUT2D eigenvalue weighted by Gasteiger charge is -2.11. The summed E-state index contributed by atoms with van der Waals surface area (Å²) < 4.78 is 14.1. The van der Waals surface area contributed by atoms with Crippen LogP contribution in [0.15, 0.2) is 58.2 Å². The Labute approximate surface area is 181 Å². The molecule has 152 valence electrons. The topological polar surface area (TPSA) is 78.3 Å². The zero-order valence-electron chi connectivity index (χ0n) is 16.1. The molecule has 1 N–H and O–H groups in total. The number of anilines is 1. The molecule has 7 nitrogen and oxygen atoms in total. The van der Waals surface area contributed by atoms with E-state index in [4.69, 9.17) is 9.47 Å². The second kappa shape index (κ2) is 10.3. The van der Waals surface area contributed by atoms with Crippen molar-refractivity contribution in [1.82, 2.24) is 14.8 Å². The zero-order valence-corrected chi connectivity index (χ0v) is 18.5. The first-order valence-electron chi connectivity index (χ1n) is 8.98. The van der Waals surface area contributed by atoms with Gasteiger partial charge in [0.1, 0.15) is 18.1 Å². The average molecular weight is 477 g/mol. The molecule has 0 aliphatic carbocycles. The molecule has 2 aromatic carbocycles. The summed E-state index contributed by atoms with van der Waals surface area (Å²) in [4.78, 5) is 12.3. The highest BCUT2D eigenvalue weighted by Gasteiger charge is 2.13. The van der Waals surface area contributed by atoms with Gasteiger partial charge in [0.15, 0.2) is 11.0 Å². The molecule has 0 saturated carbocycles. The van der Waals surface area contributed by atoms with Gasteiger partial charge < -0.3 is 19.4 Å². The number of rotatable bonds is 9. The molecule has 0 fully saturated rings. The maximum atomic E-state index is 12.3. The van der Waals surface area contributed by atoms with Gasteiger partial charge in [-0.15, -0.1) is 10.2 Å². The smallest absolute Gasteiger partial charge is 0.234 e. The fourth-order valence-electron chi connectivity index (χ4n) is 2.44. The Hall–Kier alpha value is -2.52. The lowest BCUT2D eigenvalue weighted by atomic mass is 10.3. The van der Waals surface area contributed by atoms with Crippen LogP contribution in [0.5, 0.6) is 11.5 Å². The van der Waals surface area contributed by atoms with Gasteiger partial charge in [-0.1, -0.05) is 39.8 Å². The molecule has 0 aliphatic heterocycles. The molecule has 0 radical (unpaired) electrons. The van der Waals surface area contributed by atoms with Crippen molar-refractivity contribution in [2.75, 3.05) is 17.7 Å². The molecule has 0 atom stereocenters. The van der Waals surface area contributed by atoms with E-state index in [1.54, 1.807) is 0 Å². The summed E-state index contributed by atoms with van der Waals surface area (Å²) in [6.07, 6.45) is 0. The molecule has 0 spiro atoms. The number of aromatic nitrogens is 3. The first-order valence-corrected chi connectivity index (χ1v) is 10.8. The van der Waals surface area contributed by atoms with Gasteiger partial charge >= 0.3 is 0 Å². The van der Waals surface area contributed by atoms with Crippen LogP contribution in [0.3, 0.4) is 0 Å². The molecular weight excluding hydrogens is 456 g/mol. The maximum Gasteiger partial charge on any atom is 0.234 e. The van der Waals surface area contributed by atoms with Crippen LogP contribution in [0.2, 0.25) is 0 Å². The highest BCUT2D eigenvalue weighted by molar-refractivity contribution is 9.10. The monoisotopic (exact) mass is 476 g/mol. The summed E-state index contributed by atoms with van der Waals surface area (Å²) in [6.45, 7) is 2.73. The minimum Gasteiger partial charge on any atom is -0.492 e. The van der Waals surface area contributed by atoms with Gasteiger partial charge in [-0.05, 0) is 43.3 Å². The van der Waals surface area contributed by atoms with E-state index in [2.05, 4.69) is 31.4 Å². The Morgan fingerprint density at radius 2 is 1.90 bits per heavy atom. The third-order valence-electron chi connectivity index (χ3n) is 3.90.